The highest BCUT2D eigenvalue weighted by atomic mass is 16.3. The third-order valence-corrected chi connectivity index (χ3v) is 4.39. The average Bonchev–Trinajstić information content (AvgIpc) is 2.54. The van der Waals surface area contributed by atoms with Crippen molar-refractivity contribution in [2.24, 2.45) is 5.92 Å². The normalized spacial score (nSPS) is 22.5. The Hall–Kier alpha value is -1.02. The van der Waals surface area contributed by atoms with Crippen molar-refractivity contribution in [2.75, 3.05) is 18.1 Å². The summed E-state index contributed by atoms with van der Waals surface area (Å²) in [6, 6.07) is 6.77. The molecule has 2 nitrogen and oxygen atoms in total. The van der Waals surface area contributed by atoms with Gasteiger partial charge in [0, 0.05) is 24.4 Å². The van der Waals surface area contributed by atoms with E-state index in [1.54, 1.807) is 0 Å². The number of nitrogens with zero attached hydrogens (tertiary/aromatic N) is 1. The van der Waals surface area contributed by atoms with Gasteiger partial charge in [-0.3, -0.25) is 0 Å². The summed E-state index contributed by atoms with van der Waals surface area (Å²) in [7, 11) is 0. The minimum Gasteiger partial charge on any atom is -0.396 e. The van der Waals surface area contributed by atoms with Gasteiger partial charge in [-0.15, -0.1) is 0 Å². The zero-order valence-corrected chi connectivity index (χ0v) is 12.0. The average molecular weight is 247 g/mol. The third-order valence-electron chi connectivity index (χ3n) is 4.39. The Kier molecular flexibility index (Phi) is 3.67. The molecule has 18 heavy (non-hydrogen) atoms. The molecular formula is C16H25NO. The number of rotatable bonds is 3. The van der Waals surface area contributed by atoms with Gasteiger partial charge < -0.3 is 10.0 Å². The van der Waals surface area contributed by atoms with Gasteiger partial charge in [0.2, 0.25) is 0 Å². The molecule has 2 rings (SSSR count). The van der Waals surface area contributed by atoms with Gasteiger partial charge in [0.25, 0.3) is 0 Å². The number of anilines is 1. The summed E-state index contributed by atoms with van der Waals surface area (Å²) in [4.78, 5) is 2.51. The van der Waals surface area contributed by atoms with Gasteiger partial charge in [0.15, 0.2) is 0 Å². The highest BCUT2D eigenvalue weighted by molar-refractivity contribution is 5.54. The minimum atomic E-state index is 0.142. The molecule has 1 N–H and O–H groups in total. The number of aliphatic hydroxyl groups excluding tert-OH is 1. The van der Waals surface area contributed by atoms with Crippen LogP contribution in [0.3, 0.4) is 0 Å². The molecule has 100 valence electrons. The molecule has 0 aromatic heterocycles. The Morgan fingerprint density at radius 3 is 2.39 bits per heavy atom. The van der Waals surface area contributed by atoms with Gasteiger partial charge in [0.1, 0.15) is 0 Å². The smallest absolute Gasteiger partial charge is 0.0434 e. The van der Waals surface area contributed by atoms with E-state index < -0.39 is 0 Å². The Balaban J connectivity index is 2.28. The Bertz CT molecular complexity index is 405. The largest absolute Gasteiger partial charge is 0.396 e. The van der Waals surface area contributed by atoms with Crippen molar-refractivity contribution in [3.63, 3.8) is 0 Å². The van der Waals surface area contributed by atoms with E-state index in [4.69, 9.17) is 0 Å². The maximum atomic E-state index is 9.19. The zero-order valence-electron chi connectivity index (χ0n) is 12.0. The summed E-state index contributed by atoms with van der Waals surface area (Å²) in [5.41, 5.74) is 4.12. The fourth-order valence-corrected chi connectivity index (χ4v) is 3.37. The quantitative estimate of drug-likeness (QED) is 0.886. The van der Waals surface area contributed by atoms with Crippen molar-refractivity contribution in [3.8, 4) is 0 Å². The van der Waals surface area contributed by atoms with E-state index in [2.05, 4.69) is 50.8 Å². The van der Waals surface area contributed by atoms with Crippen LogP contribution < -0.4 is 4.90 Å². The highest BCUT2D eigenvalue weighted by Gasteiger charge is 2.40. The van der Waals surface area contributed by atoms with E-state index in [0.717, 1.165) is 13.0 Å². The molecule has 1 heterocycles. The monoisotopic (exact) mass is 247 g/mol. The lowest BCUT2D eigenvalue weighted by Crippen LogP contribution is -2.43. The first kappa shape index (κ1) is 13.4. The molecule has 0 saturated carbocycles. The maximum absolute atomic E-state index is 9.19. The lowest BCUT2D eigenvalue weighted by molar-refractivity contribution is 0.229. The number of aryl methyl sites for hydroxylation is 2. The third kappa shape index (κ3) is 2.39. The SMILES string of the molecule is Cc1cc(C)cc(N2CCC(CCO)C2(C)C)c1. The van der Waals surface area contributed by atoms with Crippen LogP contribution in [0.15, 0.2) is 18.2 Å². The Labute approximate surface area is 111 Å². The van der Waals surface area contributed by atoms with Gasteiger partial charge in [0.05, 0.1) is 0 Å². The summed E-state index contributed by atoms with van der Waals surface area (Å²) < 4.78 is 0. The highest BCUT2D eigenvalue weighted by Crippen LogP contribution is 2.40. The Morgan fingerprint density at radius 1 is 1.22 bits per heavy atom. The van der Waals surface area contributed by atoms with Gasteiger partial charge in [-0.2, -0.15) is 0 Å². The van der Waals surface area contributed by atoms with Crippen molar-refractivity contribution in [3.05, 3.63) is 29.3 Å². The fourth-order valence-electron chi connectivity index (χ4n) is 3.37. The van der Waals surface area contributed by atoms with Crippen molar-refractivity contribution in [1.29, 1.82) is 0 Å². The van der Waals surface area contributed by atoms with Crippen LogP contribution in [0.1, 0.15) is 37.8 Å². The molecule has 1 aromatic rings. The molecule has 2 heteroatoms. The van der Waals surface area contributed by atoms with Crippen molar-refractivity contribution >= 4 is 5.69 Å². The summed E-state index contributed by atoms with van der Waals surface area (Å²) in [5, 5.41) is 9.19. The summed E-state index contributed by atoms with van der Waals surface area (Å²) >= 11 is 0. The van der Waals surface area contributed by atoms with E-state index in [9.17, 15) is 5.11 Å². The van der Waals surface area contributed by atoms with Crippen LogP contribution in [-0.4, -0.2) is 23.8 Å². The lowest BCUT2D eigenvalue weighted by Gasteiger charge is -2.38. The molecule has 0 aliphatic carbocycles. The first-order valence-electron chi connectivity index (χ1n) is 6.92. The number of aliphatic hydroxyl groups is 1. The molecule has 1 fully saturated rings. The molecule has 1 atom stereocenters. The molecule has 0 bridgehead atoms. The van der Waals surface area contributed by atoms with Crippen LogP contribution in [0, 0.1) is 19.8 Å². The molecule has 0 spiro atoms. The first-order chi connectivity index (χ1) is 8.45. The number of hydrogen-bond donors (Lipinski definition) is 1. The van der Waals surface area contributed by atoms with Crippen LogP contribution >= 0.6 is 0 Å². The molecule has 1 aliphatic heterocycles. The van der Waals surface area contributed by atoms with Crippen molar-refractivity contribution < 1.29 is 5.11 Å². The van der Waals surface area contributed by atoms with Crippen LogP contribution in [0.4, 0.5) is 5.69 Å². The lowest BCUT2D eigenvalue weighted by atomic mass is 9.86. The van der Waals surface area contributed by atoms with E-state index in [1.807, 2.05) is 0 Å². The first-order valence-corrected chi connectivity index (χ1v) is 6.92. The molecule has 1 aromatic carbocycles. The second-order valence-electron chi connectivity index (χ2n) is 6.15. The minimum absolute atomic E-state index is 0.142. The molecule has 0 amide bonds. The molecule has 1 saturated heterocycles. The van der Waals surface area contributed by atoms with E-state index in [-0.39, 0.29) is 5.54 Å². The fraction of sp³-hybridized carbons (Fsp3) is 0.625. The Morgan fingerprint density at radius 2 is 1.83 bits per heavy atom. The second-order valence-corrected chi connectivity index (χ2v) is 6.15. The molecule has 0 radical (unpaired) electrons. The van der Waals surface area contributed by atoms with Crippen LogP contribution in [-0.2, 0) is 0 Å². The topological polar surface area (TPSA) is 23.5 Å². The zero-order chi connectivity index (χ0) is 13.3. The predicted octanol–water partition coefficient (Wildman–Crippen LogP) is 3.29. The predicted molar refractivity (Wildman–Crippen MR) is 77.2 cm³/mol. The van der Waals surface area contributed by atoms with Crippen molar-refractivity contribution in [1.82, 2.24) is 0 Å². The second kappa shape index (κ2) is 4.93. The molecule has 1 unspecified atom stereocenters. The number of hydrogen-bond acceptors (Lipinski definition) is 2. The van der Waals surface area contributed by atoms with E-state index in [1.165, 1.54) is 23.2 Å². The van der Waals surface area contributed by atoms with Gasteiger partial charge in [-0.1, -0.05) is 6.07 Å². The molecular weight excluding hydrogens is 222 g/mol. The van der Waals surface area contributed by atoms with Gasteiger partial charge in [-0.05, 0) is 69.7 Å². The van der Waals surface area contributed by atoms with E-state index in [0.29, 0.717) is 12.5 Å². The van der Waals surface area contributed by atoms with Crippen LogP contribution in [0.2, 0.25) is 0 Å². The summed E-state index contributed by atoms with van der Waals surface area (Å²) in [5.74, 6) is 0.586. The van der Waals surface area contributed by atoms with Gasteiger partial charge in [-0.25, -0.2) is 0 Å². The van der Waals surface area contributed by atoms with E-state index >= 15 is 0 Å². The van der Waals surface area contributed by atoms with Crippen molar-refractivity contribution in [2.45, 2.75) is 46.1 Å². The summed E-state index contributed by atoms with van der Waals surface area (Å²) in [6.45, 7) is 10.3. The summed E-state index contributed by atoms with van der Waals surface area (Å²) in [6.07, 6.45) is 2.09. The van der Waals surface area contributed by atoms with Crippen LogP contribution in [0.25, 0.3) is 0 Å². The molecule has 1 aliphatic rings. The maximum Gasteiger partial charge on any atom is 0.0434 e. The van der Waals surface area contributed by atoms with Gasteiger partial charge >= 0.3 is 0 Å². The van der Waals surface area contributed by atoms with Crippen LogP contribution in [0.5, 0.6) is 0 Å². The number of benzene rings is 1. The standard InChI is InChI=1S/C16H25NO/c1-12-9-13(2)11-15(10-12)17-7-5-14(6-8-18)16(17,3)4/h9-11,14,18H,5-8H2,1-4H3.